The number of hydrogen-bond acceptors (Lipinski definition) is 6. The molecule has 0 saturated carbocycles. The van der Waals surface area contributed by atoms with Crippen molar-refractivity contribution in [2.75, 3.05) is 51.8 Å². The van der Waals surface area contributed by atoms with Gasteiger partial charge in [-0.25, -0.2) is 0 Å². The summed E-state index contributed by atoms with van der Waals surface area (Å²) >= 11 is 1.75. The number of benzene rings is 2. The van der Waals surface area contributed by atoms with E-state index in [1.807, 2.05) is 6.07 Å². The molecule has 2 fully saturated rings. The van der Waals surface area contributed by atoms with E-state index >= 15 is 0 Å². The second kappa shape index (κ2) is 12.3. The summed E-state index contributed by atoms with van der Waals surface area (Å²) in [6.45, 7) is 5.46. The minimum atomic E-state index is -0.176. The minimum absolute atomic E-state index is 0.00836. The molecule has 2 aliphatic rings. The number of methoxy groups -OCH3 is 2. The number of ether oxygens (including phenoxy) is 2. The number of rotatable bonds is 8. The van der Waals surface area contributed by atoms with Crippen molar-refractivity contribution >= 4 is 33.0 Å². The van der Waals surface area contributed by atoms with Crippen LogP contribution in [0.4, 0.5) is 5.69 Å². The fourth-order valence-electron chi connectivity index (χ4n) is 4.92. The smallest absolute Gasteiger partial charge is 0.222 e. The highest BCUT2D eigenvalue weighted by molar-refractivity contribution is 7.17. The van der Waals surface area contributed by atoms with E-state index in [2.05, 4.69) is 51.6 Å². The Morgan fingerprint density at radius 2 is 1.83 bits per heavy atom. The Labute approximate surface area is 212 Å². The molecule has 0 aliphatic carbocycles. The van der Waals surface area contributed by atoms with E-state index in [4.69, 9.17) is 15.2 Å². The molecular weight excluding hydrogens is 458 g/mol. The van der Waals surface area contributed by atoms with Gasteiger partial charge in [-0.1, -0.05) is 12.1 Å². The van der Waals surface area contributed by atoms with Crippen LogP contribution in [0, 0.1) is 5.92 Å². The number of carbonyl (C=O) groups is 1. The third kappa shape index (κ3) is 6.67. The number of fused-ring (bicyclic) bond motifs is 1. The molecule has 2 saturated heterocycles. The van der Waals surface area contributed by atoms with Gasteiger partial charge in [0.05, 0.1) is 20.1 Å². The molecule has 0 spiro atoms. The number of nitrogens with two attached hydrogens (primary N) is 1. The monoisotopic (exact) mass is 495 g/mol. The van der Waals surface area contributed by atoms with Gasteiger partial charge in [0.1, 0.15) is 0 Å². The molecule has 1 atom stereocenters. The molecular formula is C28H37N3O3S. The number of hydrogen-bond donors (Lipinski definition) is 1. The summed E-state index contributed by atoms with van der Waals surface area (Å²) in [7, 11) is 3.36. The van der Waals surface area contributed by atoms with Crippen molar-refractivity contribution in [3.8, 4) is 11.5 Å². The normalized spacial score (nSPS) is 17.9. The maximum atomic E-state index is 11.1. The first-order valence-electron chi connectivity index (χ1n) is 12.5. The zero-order chi connectivity index (χ0) is 24.6. The van der Waals surface area contributed by atoms with Crippen molar-refractivity contribution < 1.29 is 14.3 Å². The second-order valence-corrected chi connectivity index (χ2v) is 10.3. The van der Waals surface area contributed by atoms with E-state index in [0.717, 1.165) is 37.4 Å². The molecule has 6 nitrogen and oxygen atoms in total. The number of thiophene rings is 1. The summed E-state index contributed by atoms with van der Waals surface area (Å²) in [5.41, 5.74) is 7.87. The highest BCUT2D eigenvalue weighted by Gasteiger charge is 2.26. The van der Waals surface area contributed by atoms with Gasteiger partial charge in [0, 0.05) is 23.5 Å². The number of amides is 1. The van der Waals surface area contributed by atoms with Crippen LogP contribution < -0.4 is 20.1 Å². The predicted octanol–water partition coefficient (Wildman–Crippen LogP) is 4.95. The lowest BCUT2D eigenvalue weighted by Gasteiger charge is -2.18. The fraction of sp³-hybridized carbons (Fsp3) is 0.464. The number of nitrogens with zero attached hydrogens (tertiary/aromatic N) is 2. The lowest BCUT2D eigenvalue weighted by molar-refractivity contribution is -0.121. The van der Waals surface area contributed by atoms with Crippen molar-refractivity contribution in [3.05, 3.63) is 53.4 Å². The summed E-state index contributed by atoms with van der Waals surface area (Å²) in [6, 6.07) is 14.8. The molecule has 3 heterocycles. The van der Waals surface area contributed by atoms with Crippen molar-refractivity contribution in [3.63, 3.8) is 0 Å². The molecule has 0 bridgehead atoms. The van der Waals surface area contributed by atoms with Crippen LogP contribution in [0.15, 0.2) is 47.8 Å². The third-order valence-corrected chi connectivity index (χ3v) is 7.86. The zero-order valence-electron chi connectivity index (χ0n) is 20.9. The Hall–Kier alpha value is -2.77. The van der Waals surface area contributed by atoms with Crippen LogP contribution in [0.5, 0.6) is 11.5 Å². The average Bonchev–Trinajstić information content (AvgIpc) is 3.65. The molecule has 35 heavy (non-hydrogen) atoms. The quantitative estimate of drug-likeness (QED) is 0.479. The van der Waals surface area contributed by atoms with Crippen LogP contribution in [0.2, 0.25) is 0 Å². The Balaban J connectivity index is 0.000000165. The molecule has 1 unspecified atom stereocenters. The van der Waals surface area contributed by atoms with Crippen molar-refractivity contribution in [2.24, 2.45) is 11.7 Å². The highest BCUT2D eigenvalue weighted by Crippen LogP contribution is 2.30. The van der Waals surface area contributed by atoms with E-state index in [0.29, 0.717) is 0 Å². The van der Waals surface area contributed by atoms with Gasteiger partial charge in [-0.3, -0.25) is 4.79 Å². The molecule has 1 amide bonds. The Bertz CT molecular complexity index is 1110. The van der Waals surface area contributed by atoms with Crippen LogP contribution in [0.3, 0.4) is 0 Å². The summed E-state index contributed by atoms with van der Waals surface area (Å²) in [5, 5.41) is 3.38. The zero-order valence-corrected chi connectivity index (χ0v) is 21.7. The topological polar surface area (TPSA) is 68.0 Å². The predicted molar refractivity (Wildman–Crippen MR) is 145 cm³/mol. The van der Waals surface area contributed by atoms with Gasteiger partial charge in [0.15, 0.2) is 11.5 Å². The lowest BCUT2D eigenvalue weighted by atomic mass is 10.1. The molecule has 1 aromatic heterocycles. The van der Waals surface area contributed by atoms with Gasteiger partial charge in [-0.15, -0.1) is 11.3 Å². The van der Waals surface area contributed by atoms with Gasteiger partial charge in [-0.2, -0.15) is 0 Å². The molecule has 2 aliphatic heterocycles. The largest absolute Gasteiger partial charge is 0.493 e. The second-order valence-electron chi connectivity index (χ2n) is 9.32. The molecule has 5 rings (SSSR count). The molecule has 2 N–H and O–H groups in total. The number of likely N-dealkylation sites (tertiary alicyclic amines) is 1. The number of carbonyl (C=O) groups excluding carboxylic acids is 1. The lowest BCUT2D eigenvalue weighted by Crippen LogP contribution is -2.27. The Morgan fingerprint density at radius 1 is 1.03 bits per heavy atom. The van der Waals surface area contributed by atoms with Crippen molar-refractivity contribution in [1.82, 2.24) is 4.90 Å². The van der Waals surface area contributed by atoms with Crippen molar-refractivity contribution in [2.45, 2.75) is 32.1 Å². The van der Waals surface area contributed by atoms with Crippen LogP contribution in [-0.2, 0) is 11.2 Å². The van der Waals surface area contributed by atoms with Crippen LogP contribution >= 0.6 is 11.3 Å². The third-order valence-electron chi connectivity index (χ3n) is 6.98. The van der Waals surface area contributed by atoms with E-state index in [1.54, 1.807) is 25.6 Å². The molecule has 188 valence electrons. The standard InChI is InChI=1S/C15H23NO2.C13H14N2OS/c1-17-14-8-7-13(12-15(14)18-2)6-5-11-16-9-3-4-10-16;14-13(16)10-3-5-15(8-10)11-2-1-9-4-6-17-12(9)7-11/h7-8,12H,3-6,9-11H2,1-2H3;1-2,4,6-7,10H,3,5,8H2,(H2,14,16). The van der Waals surface area contributed by atoms with Crippen LogP contribution in [0.25, 0.3) is 10.1 Å². The Morgan fingerprint density at radius 3 is 2.54 bits per heavy atom. The minimum Gasteiger partial charge on any atom is -0.493 e. The highest BCUT2D eigenvalue weighted by atomic mass is 32.1. The van der Waals surface area contributed by atoms with Crippen LogP contribution in [-0.4, -0.2) is 57.8 Å². The van der Waals surface area contributed by atoms with E-state index in [9.17, 15) is 4.79 Å². The van der Waals surface area contributed by atoms with Gasteiger partial charge in [-0.05, 0) is 98.4 Å². The van der Waals surface area contributed by atoms with Crippen molar-refractivity contribution in [1.29, 1.82) is 0 Å². The van der Waals surface area contributed by atoms with E-state index in [1.165, 1.54) is 60.2 Å². The van der Waals surface area contributed by atoms with Gasteiger partial charge < -0.3 is 25.0 Å². The fourth-order valence-corrected chi connectivity index (χ4v) is 5.74. The first kappa shape index (κ1) is 25.3. The van der Waals surface area contributed by atoms with E-state index in [-0.39, 0.29) is 11.8 Å². The average molecular weight is 496 g/mol. The van der Waals surface area contributed by atoms with E-state index < -0.39 is 0 Å². The molecule has 7 heteroatoms. The number of aryl methyl sites for hydroxylation is 1. The maximum Gasteiger partial charge on any atom is 0.222 e. The van der Waals surface area contributed by atoms with Gasteiger partial charge in [0.25, 0.3) is 0 Å². The number of anilines is 1. The Kier molecular flexibility index (Phi) is 8.88. The first-order valence-corrected chi connectivity index (χ1v) is 13.4. The molecule has 0 radical (unpaired) electrons. The van der Waals surface area contributed by atoms with Crippen LogP contribution in [0.1, 0.15) is 31.2 Å². The molecule has 2 aromatic carbocycles. The first-order chi connectivity index (χ1) is 17.1. The van der Waals surface area contributed by atoms with Gasteiger partial charge >= 0.3 is 0 Å². The van der Waals surface area contributed by atoms with Gasteiger partial charge in [0.2, 0.25) is 5.91 Å². The summed E-state index contributed by atoms with van der Waals surface area (Å²) in [6.07, 6.45) is 5.94. The SMILES string of the molecule is COc1ccc(CCCN2CCCC2)cc1OC.NC(=O)C1CCN(c2ccc3ccsc3c2)C1. The molecule has 3 aromatic rings. The summed E-state index contributed by atoms with van der Waals surface area (Å²) in [4.78, 5) is 15.9. The maximum absolute atomic E-state index is 11.1. The summed E-state index contributed by atoms with van der Waals surface area (Å²) in [5.74, 6) is 1.47. The summed E-state index contributed by atoms with van der Waals surface area (Å²) < 4.78 is 11.9. The number of primary amides is 1.